The zero-order valence-electron chi connectivity index (χ0n) is 12.1. The van der Waals surface area contributed by atoms with Gasteiger partial charge in [-0.1, -0.05) is 23.4 Å². The summed E-state index contributed by atoms with van der Waals surface area (Å²) in [6.07, 6.45) is 0. The maximum atomic E-state index is 12.4. The van der Waals surface area contributed by atoms with Crippen molar-refractivity contribution < 1.29 is 19.2 Å². The number of methoxy groups -OCH3 is 1. The minimum Gasteiger partial charge on any atom is -0.496 e. The van der Waals surface area contributed by atoms with Gasteiger partial charge in [-0.3, -0.25) is 4.79 Å². The van der Waals surface area contributed by atoms with E-state index in [0.29, 0.717) is 18.0 Å². The standard InChI is InChI=1S/C15H18N2O4/c1-11-9-14(21-16-11)15(19)17(7-8-18)10-12-5-3-4-6-13(12)20-2/h3-6,9,18H,7-8,10H2,1-2H3. The van der Waals surface area contributed by atoms with Gasteiger partial charge in [0.1, 0.15) is 5.75 Å². The molecule has 21 heavy (non-hydrogen) atoms. The van der Waals surface area contributed by atoms with E-state index in [1.165, 1.54) is 4.90 Å². The SMILES string of the molecule is COc1ccccc1CN(CCO)C(=O)c1cc(C)no1. The summed E-state index contributed by atoms with van der Waals surface area (Å²) in [5.41, 5.74) is 1.50. The van der Waals surface area contributed by atoms with Crippen LogP contribution < -0.4 is 4.74 Å². The van der Waals surface area contributed by atoms with Gasteiger partial charge in [-0.05, 0) is 13.0 Å². The summed E-state index contributed by atoms with van der Waals surface area (Å²) in [6.45, 7) is 2.14. The van der Waals surface area contributed by atoms with Gasteiger partial charge in [0.2, 0.25) is 5.76 Å². The number of carbonyl (C=O) groups excluding carboxylic acids is 1. The van der Waals surface area contributed by atoms with Crippen molar-refractivity contribution in [3.8, 4) is 5.75 Å². The lowest BCUT2D eigenvalue weighted by Gasteiger charge is -2.21. The molecule has 1 aromatic heterocycles. The van der Waals surface area contributed by atoms with Crippen molar-refractivity contribution in [2.24, 2.45) is 0 Å². The van der Waals surface area contributed by atoms with Crippen LogP contribution in [0.3, 0.4) is 0 Å². The molecule has 0 saturated heterocycles. The fourth-order valence-electron chi connectivity index (χ4n) is 2.03. The highest BCUT2D eigenvalue weighted by Crippen LogP contribution is 2.20. The van der Waals surface area contributed by atoms with Crippen molar-refractivity contribution in [1.29, 1.82) is 0 Å². The van der Waals surface area contributed by atoms with Crippen molar-refractivity contribution in [2.75, 3.05) is 20.3 Å². The Kier molecular flexibility index (Phi) is 4.94. The molecule has 0 radical (unpaired) electrons. The molecule has 2 rings (SSSR count). The van der Waals surface area contributed by atoms with E-state index in [1.807, 2.05) is 24.3 Å². The Labute approximate surface area is 122 Å². The van der Waals surface area contributed by atoms with Gasteiger partial charge in [-0.25, -0.2) is 0 Å². The lowest BCUT2D eigenvalue weighted by Crippen LogP contribution is -2.33. The molecular formula is C15H18N2O4. The zero-order valence-corrected chi connectivity index (χ0v) is 12.1. The molecule has 0 unspecified atom stereocenters. The number of rotatable bonds is 6. The number of carbonyl (C=O) groups is 1. The van der Waals surface area contributed by atoms with Crippen LogP contribution >= 0.6 is 0 Å². The fraction of sp³-hybridized carbons (Fsp3) is 0.333. The number of aryl methyl sites for hydroxylation is 1. The Morgan fingerprint density at radius 1 is 1.43 bits per heavy atom. The molecule has 6 heteroatoms. The van der Waals surface area contributed by atoms with Gasteiger partial charge in [-0.15, -0.1) is 0 Å². The molecule has 112 valence electrons. The lowest BCUT2D eigenvalue weighted by molar-refractivity contribution is 0.0665. The van der Waals surface area contributed by atoms with Crippen LogP contribution in [0.4, 0.5) is 0 Å². The Morgan fingerprint density at radius 3 is 2.81 bits per heavy atom. The number of amides is 1. The summed E-state index contributed by atoms with van der Waals surface area (Å²) >= 11 is 0. The summed E-state index contributed by atoms with van der Waals surface area (Å²) in [7, 11) is 1.58. The monoisotopic (exact) mass is 290 g/mol. The number of benzene rings is 1. The maximum Gasteiger partial charge on any atom is 0.292 e. The van der Waals surface area contributed by atoms with Gasteiger partial charge in [0.15, 0.2) is 0 Å². The van der Waals surface area contributed by atoms with E-state index in [1.54, 1.807) is 20.1 Å². The molecule has 1 heterocycles. The van der Waals surface area contributed by atoms with Crippen molar-refractivity contribution >= 4 is 5.91 Å². The van der Waals surface area contributed by atoms with Gasteiger partial charge in [0.05, 0.1) is 19.4 Å². The van der Waals surface area contributed by atoms with Gasteiger partial charge < -0.3 is 19.3 Å². The third kappa shape index (κ3) is 3.61. The second-order valence-electron chi connectivity index (χ2n) is 4.59. The smallest absolute Gasteiger partial charge is 0.292 e. The third-order valence-corrected chi connectivity index (χ3v) is 3.05. The van der Waals surface area contributed by atoms with Crippen LogP contribution in [0, 0.1) is 6.92 Å². The third-order valence-electron chi connectivity index (χ3n) is 3.05. The normalized spacial score (nSPS) is 10.4. The van der Waals surface area contributed by atoms with Gasteiger partial charge in [0.25, 0.3) is 5.91 Å². The molecule has 1 aromatic carbocycles. The van der Waals surface area contributed by atoms with Crippen molar-refractivity contribution in [3.05, 3.63) is 47.3 Å². The lowest BCUT2D eigenvalue weighted by atomic mass is 10.2. The van der Waals surface area contributed by atoms with Crippen LogP contribution in [0.1, 0.15) is 21.8 Å². The molecule has 0 bridgehead atoms. The highest BCUT2D eigenvalue weighted by Gasteiger charge is 2.21. The molecule has 0 fully saturated rings. The van der Waals surface area contributed by atoms with Gasteiger partial charge >= 0.3 is 0 Å². The van der Waals surface area contributed by atoms with E-state index in [2.05, 4.69) is 5.16 Å². The number of aromatic nitrogens is 1. The molecular weight excluding hydrogens is 272 g/mol. The van der Waals surface area contributed by atoms with E-state index in [9.17, 15) is 9.90 Å². The molecule has 1 amide bonds. The Hall–Kier alpha value is -2.34. The van der Waals surface area contributed by atoms with Crippen LogP contribution in [0.2, 0.25) is 0 Å². The van der Waals surface area contributed by atoms with Crippen molar-refractivity contribution in [2.45, 2.75) is 13.5 Å². The molecule has 0 aliphatic rings. The second-order valence-corrected chi connectivity index (χ2v) is 4.59. The molecule has 2 aromatic rings. The number of para-hydroxylation sites is 1. The first-order valence-electron chi connectivity index (χ1n) is 6.61. The predicted octanol–water partition coefficient (Wildman–Crippen LogP) is 1.63. The van der Waals surface area contributed by atoms with Crippen LogP contribution in [-0.2, 0) is 6.54 Å². The summed E-state index contributed by atoms with van der Waals surface area (Å²) in [6, 6.07) is 9.02. The average Bonchev–Trinajstić information content (AvgIpc) is 2.93. The molecule has 0 aliphatic carbocycles. The maximum absolute atomic E-state index is 12.4. The van der Waals surface area contributed by atoms with Crippen LogP contribution in [0.5, 0.6) is 5.75 Å². The molecule has 0 spiro atoms. The highest BCUT2D eigenvalue weighted by atomic mass is 16.5. The summed E-state index contributed by atoms with van der Waals surface area (Å²) in [4.78, 5) is 13.9. The van der Waals surface area contributed by atoms with E-state index in [-0.39, 0.29) is 24.8 Å². The minimum absolute atomic E-state index is 0.131. The van der Waals surface area contributed by atoms with E-state index in [0.717, 1.165) is 5.56 Å². The Balaban J connectivity index is 2.21. The minimum atomic E-state index is -0.310. The molecule has 0 saturated carbocycles. The Bertz CT molecular complexity index is 609. The number of aliphatic hydroxyl groups excluding tert-OH is 1. The second kappa shape index (κ2) is 6.90. The number of aliphatic hydroxyl groups is 1. The van der Waals surface area contributed by atoms with Crippen molar-refractivity contribution in [1.82, 2.24) is 10.1 Å². The predicted molar refractivity (Wildman–Crippen MR) is 76.1 cm³/mol. The van der Waals surface area contributed by atoms with Crippen LogP contribution in [-0.4, -0.2) is 41.3 Å². The van der Waals surface area contributed by atoms with Crippen LogP contribution in [0.15, 0.2) is 34.9 Å². The topological polar surface area (TPSA) is 75.8 Å². The number of hydrogen-bond donors (Lipinski definition) is 1. The largest absolute Gasteiger partial charge is 0.496 e. The van der Waals surface area contributed by atoms with Gasteiger partial charge in [-0.2, -0.15) is 0 Å². The first kappa shape index (κ1) is 15.1. The number of nitrogens with zero attached hydrogens (tertiary/aromatic N) is 2. The van der Waals surface area contributed by atoms with Crippen molar-refractivity contribution in [3.63, 3.8) is 0 Å². The molecule has 0 aliphatic heterocycles. The summed E-state index contributed by atoms with van der Waals surface area (Å²) in [5, 5.41) is 12.9. The van der Waals surface area contributed by atoms with E-state index in [4.69, 9.17) is 9.26 Å². The number of hydrogen-bond acceptors (Lipinski definition) is 5. The summed E-state index contributed by atoms with van der Waals surface area (Å²) < 4.78 is 10.3. The van der Waals surface area contributed by atoms with Gasteiger partial charge in [0, 0.05) is 24.7 Å². The molecule has 0 atom stereocenters. The first-order valence-corrected chi connectivity index (χ1v) is 6.61. The quantitative estimate of drug-likeness (QED) is 0.875. The van der Waals surface area contributed by atoms with Crippen LogP contribution in [0.25, 0.3) is 0 Å². The highest BCUT2D eigenvalue weighted by molar-refractivity contribution is 5.91. The van der Waals surface area contributed by atoms with E-state index >= 15 is 0 Å². The summed E-state index contributed by atoms with van der Waals surface area (Å²) in [5.74, 6) is 0.549. The molecule has 6 nitrogen and oxygen atoms in total. The van der Waals surface area contributed by atoms with E-state index < -0.39 is 0 Å². The first-order chi connectivity index (χ1) is 10.2. The Morgan fingerprint density at radius 2 is 2.19 bits per heavy atom. The average molecular weight is 290 g/mol. The molecule has 1 N–H and O–H groups in total. The fourth-order valence-corrected chi connectivity index (χ4v) is 2.03. The zero-order chi connectivity index (χ0) is 15.2. The number of ether oxygens (including phenoxy) is 1.